The number of hydrogen-bond donors (Lipinski definition) is 2. The first-order valence-electron chi connectivity index (χ1n) is 9.92. The summed E-state index contributed by atoms with van der Waals surface area (Å²) in [6.45, 7) is 4.24. The zero-order chi connectivity index (χ0) is 23.5. The molecule has 1 atom stereocenters. The van der Waals surface area contributed by atoms with Gasteiger partial charge in [0.25, 0.3) is 0 Å². The topological polar surface area (TPSA) is 132 Å². The molecule has 2 amide bonds. The third-order valence-corrected chi connectivity index (χ3v) is 5.83. The molecule has 10 nitrogen and oxygen atoms in total. The van der Waals surface area contributed by atoms with E-state index in [1.54, 1.807) is 61.1 Å². The molecule has 170 valence electrons. The summed E-state index contributed by atoms with van der Waals surface area (Å²) in [6, 6.07) is 13.4. The second-order valence-corrected chi connectivity index (χ2v) is 8.87. The molecule has 0 aliphatic heterocycles. The first-order valence-corrected chi connectivity index (χ1v) is 11.5. The van der Waals surface area contributed by atoms with Gasteiger partial charge in [-0.3, -0.25) is 4.57 Å². The van der Waals surface area contributed by atoms with Gasteiger partial charge in [-0.25, -0.2) is 18.4 Å². The zero-order valence-electron chi connectivity index (χ0n) is 18.3. The number of nitrogens with zero attached hydrogens (tertiary/aromatic N) is 4. The van der Waals surface area contributed by atoms with Crippen molar-refractivity contribution in [3.8, 4) is 11.8 Å². The fourth-order valence-electron chi connectivity index (χ4n) is 3.21. The van der Waals surface area contributed by atoms with Gasteiger partial charge in [0, 0.05) is 38.3 Å². The molecule has 0 bridgehead atoms. The number of nitrogens with one attached hydrogen (secondary N) is 1. The quantitative estimate of drug-likeness (QED) is 0.559. The van der Waals surface area contributed by atoms with Crippen LogP contribution in [-0.4, -0.2) is 48.2 Å². The molecule has 0 aliphatic rings. The number of sulfonamides is 1. The molecular weight excluding hydrogens is 432 g/mol. The number of benzene rings is 2. The van der Waals surface area contributed by atoms with Gasteiger partial charge in [-0.15, -0.1) is 5.10 Å². The van der Waals surface area contributed by atoms with Crippen LogP contribution in [0.4, 0.5) is 10.5 Å². The Bertz CT molecular complexity index is 1220. The summed E-state index contributed by atoms with van der Waals surface area (Å²) in [5.74, 6) is 0.600. The van der Waals surface area contributed by atoms with E-state index < -0.39 is 15.9 Å². The van der Waals surface area contributed by atoms with E-state index in [0.717, 1.165) is 0 Å². The van der Waals surface area contributed by atoms with Crippen LogP contribution < -0.4 is 15.2 Å². The van der Waals surface area contributed by atoms with E-state index in [0.29, 0.717) is 29.4 Å². The molecule has 0 aliphatic carbocycles. The van der Waals surface area contributed by atoms with Gasteiger partial charge in [0.15, 0.2) is 0 Å². The average Bonchev–Trinajstić information content (AvgIpc) is 3.15. The van der Waals surface area contributed by atoms with Crippen LogP contribution in [0.15, 0.2) is 53.4 Å². The lowest BCUT2D eigenvalue weighted by molar-refractivity contribution is 0.230. The summed E-state index contributed by atoms with van der Waals surface area (Å²) in [5, 5.41) is 16.6. The van der Waals surface area contributed by atoms with Gasteiger partial charge in [-0.2, -0.15) is 0 Å². The maximum atomic E-state index is 12.0. The zero-order valence-corrected chi connectivity index (χ0v) is 19.1. The highest BCUT2D eigenvalue weighted by Gasteiger charge is 2.24. The number of ether oxygens (including phenoxy) is 1. The Labute approximate surface area is 187 Å². The highest BCUT2D eigenvalue weighted by atomic mass is 32.2. The van der Waals surface area contributed by atoms with Crippen molar-refractivity contribution in [2.45, 2.75) is 31.2 Å². The number of carbonyl (C=O) groups is 1. The van der Waals surface area contributed by atoms with E-state index in [2.05, 4.69) is 15.5 Å². The van der Waals surface area contributed by atoms with Crippen molar-refractivity contribution in [3.05, 3.63) is 59.9 Å². The van der Waals surface area contributed by atoms with Crippen LogP contribution in [0.25, 0.3) is 0 Å². The Balaban J connectivity index is 1.91. The van der Waals surface area contributed by atoms with E-state index >= 15 is 0 Å². The molecule has 3 rings (SSSR count). The molecule has 3 N–H and O–H groups in total. The number of anilines is 1. The van der Waals surface area contributed by atoms with Gasteiger partial charge in [0.2, 0.25) is 10.0 Å². The number of hydrogen-bond acceptors (Lipinski definition) is 6. The van der Waals surface area contributed by atoms with Gasteiger partial charge < -0.3 is 15.0 Å². The summed E-state index contributed by atoms with van der Waals surface area (Å²) in [6.07, 6.45) is 0. The van der Waals surface area contributed by atoms with Gasteiger partial charge in [-0.05, 0) is 30.7 Å². The number of primary sulfonamides is 1. The maximum Gasteiger partial charge on any atom is 0.322 e. The number of urea groups is 1. The predicted octanol–water partition coefficient (Wildman–Crippen LogP) is 2.98. The van der Waals surface area contributed by atoms with E-state index in [1.807, 2.05) is 13.8 Å². The van der Waals surface area contributed by atoms with Crippen LogP contribution in [-0.2, 0) is 16.6 Å². The van der Waals surface area contributed by atoms with E-state index in [1.165, 1.54) is 11.0 Å². The summed E-state index contributed by atoms with van der Waals surface area (Å²) < 4.78 is 31.7. The molecule has 32 heavy (non-hydrogen) atoms. The van der Waals surface area contributed by atoms with Crippen LogP contribution in [0, 0.1) is 0 Å². The average molecular weight is 459 g/mol. The van der Waals surface area contributed by atoms with Crippen molar-refractivity contribution in [3.63, 3.8) is 0 Å². The number of amides is 2. The minimum Gasteiger partial charge on any atom is -0.424 e. The highest BCUT2D eigenvalue weighted by Crippen LogP contribution is 2.31. The lowest BCUT2D eigenvalue weighted by Gasteiger charge is -2.16. The number of carbonyl (C=O) groups excluding carboxylic acids is 1. The minimum atomic E-state index is -3.90. The Morgan fingerprint density at radius 2 is 1.91 bits per heavy atom. The monoisotopic (exact) mass is 458 g/mol. The van der Waals surface area contributed by atoms with Crippen LogP contribution in [0.2, 0.25) is 0 Å². The molecule has 0 unspecified atom stereocenters. The van der Waals surface area contributed by atoms with Crippen LogP contribution in [0.5, 0.6) is 11.8 Å². The van der Waals surface area contributed by atoms with Crippen LogP contribution in [0.3, 0.4) is 0 Å². The Kier molecular flexibility index (Phi) is 6.80. The predicted molar refractivity (Wildman–Crippen MR) is 120 cm³/mol. The van der Waals surface area contributed by atoms with Gasteiger partial charge >= 0.3 is 12.0 Å². The highest BCUT2D eigenvalue weighted by molar-refractivity contribution is 7.89. The largest absolute Gasteiger partial charge is 0.424 e. The number of aromatic nitrogens is 3. The first-order chi connectivity index (χ1) is 15.1. The second-order valence-electron chi connectivity index (χ2n) is 7.34. The number of rotatable bonds is 7. The maximum absolute atomic E-state index is 12.0. The fraction of sp³-hybridized carbons (Fsp3) is 0.286. The third-order valence-electron chi connectivity index (χ3n) is 4.84. The summed E-state index contributed by atoms with van der Waals surface area (Å²) >= 11 is 0. The molecule has 0 saturated heterocycles. The van der Waals surface area contributed by atoms with E-state index in [4.69, 9.17) is 9.88 Å². The van der Waals surface area contributed by atoms with Crippen molar-refractivity contribution in [2.75, 3.05) is 19.4 Å². The van der Waals surface area contributed by atoms with E-state index in [-0.39, 0.29) is 16.9 Å². The molecule has 0 saturated carbocycles. The first kappa shape index (κ1) is 23.2. The molecule has 11 heteroatoms. The van der Waals surface area contributed by atoms with Gasteiger partial charge in [0.1, 0.15) is 11.6 Å². The van der Waals surface area contributed by atoms with Gasteiger partial charge in [0.05, 0.1) is 4.90 Å². The molecule has 3 aromatic rings. The summed E-state index contributed by atoms with van der Waals surface area (Å²) in [5.41, 5.74) is 1.09. The lowest BCUT2D eigenvalue weighted by atomic mass is 10.0. The smallest absolute Gasteiger partial charge is 0.322 e. The number of nitrogens with two attached hydrogens (primary N) is 1. The molecule has 0 fully saturated rings. The molecule has 1 aromatic heterocycles. The second kappa shape index (κ2) is 9.37. The SMILES string of the molecule is CCn1c(Oc2cccc(NC(=O)N(C)C)c2)nnc1[C@H](C)c1ccccc1S(N)(=O)=O. The summed E-state index contributed by atoms with van der Waals surface area (Å²) in [7, 11) is -0.597. The lowest BCUT2D eigenvalue weighted by Crippen LogP contribution is -2.27. The van der Waals surface area contributed by atoms with Crippen molar-refractivity contribution in [1.29, 1.82) is 0 Å². The Morgan fingerprint density at radius 3 is 2.56 bits per heavy atom. The Hall–Kier alpha value is -3.44. The normalized spacial score (nSPS) is 12.3. The van der Waals surface area contributed by atoms with Crippen molar-refractivity contribution >= 4 is 21.7 Å². The molecule has 0 radical (unpaired) electrons. The van der Waals surface area contributed by atoms with Crippen molar-refractivity contribution < 1.29 is 17.9 Å². The van der Waals surface area contributed by atoms with Crippen LogP contribution in [0.1, 0.15) is 31.2 Å². The standard InChI is InChI=1S/C21H26N6O4S/c1-5-27-19(14(2)17-11-6-7-12-18(17)32(22,29)30)24-25-21(27)31-16-10-8-9-15(13-16)23-20(28)26(3)4/h6-14H,5H2,1-4H3,(H,23,28)(H2,22,29,30)/t14-/m1/s1. The Morgan fingerprint density at radius 1 is 1.19 bits per heavy atom. The van der Waals surface area contributed by atoms with Crippen molar-refractivity contribution in [1.82, 2.24) is 19.7 Å². The van der Waals surface area contributed by atoms with Crippen LogP contribution >= 0.6 is 0 Å². The van der Waals surface area contributed by atoms with E-state index in [9.17, 15) is 13.2 Å². The minimum absolute atomic E-state index is 0.0463. The molecule has 0 spiro atoms. The van der Waals surface area contributed by atoms with Gasteiger partial charge in [-0.1, -0.05) is 36.3 Å². The molecular formula is C21H26N6O4S. The van der Waals surface area contributed by atoms with Crippen molar-refractivity contribution in [2.24, 2.45) is 5.14 Å². The molecule has 1 heterocycles. The third kappa shape index (κ3) is 5.06. The fourth-order valence-corrected chi connectivity index (χ4v) is 4.05. The summed E-state index contributed by atoms with van der Waals surface area (Å²) in [4.78, 5) is 13.4. The molecule has 2 aromatic carbocycles.